The topological polar surface area (TPSA) is 42.4 Å². The molecule has 0 radical (unpaired) electrons. The van der Waals surface area contributed by atoms with Crippen LogP contribution in [0.2, 0.25) is 0 Å². The van der Waals surface area contributed by atoms with Crippen LogP contribution in [-0.2, 0) is 4.74 Å². The molecule has 1 fully saturated rings. The van der Waals surface area contributed by atoms with E-state index in [-0.39, 0.29) is 23.5 Å². The van der Waals surface area contributed by atoms with E-state index in [0.717, 1.165) is 30.3 Å². The highest BCUT2D eigenvalue weighted by atomic mass is 79.9. The Morgan fingerprint density at radius 3 is 2.82 bits per heavy atom. The lowest BCUT2D eigenvalue weighted by Gasteiger charge is -2.54. The van der Waals surface area contributed by atoms with E-state index in [4.69, 9.17) is 4.74 Å². The number of carbonyl (C=O) groups is 1. The van der Waals surface area contributed by atoms with Crippen molar-refractivity contribution in [2.75, 3.05) is 13.7 Å². The van der Waals surface area contributed by atoms with Crippen molar-refractivity contribution in [3.8, 4) is 0 Å². The Balaban J connectivity index is 1.99. The number of nitrogens with zero attached hydrogens (tertiary/aromatic N) is 2. The van der Waals surface area contributed by atoms with E-state index >= 15 is 0 Å². The summed E-state index contributed by atoms with van der Waals surface area (Å²) in [5.74, 6) is 0.0129. The maximum Gasteiger partial charge on any atom is 0.255 e. The Kier molecular flexibility index (Phi) is 5.61. The first-order chi connectivity index (χ1) is 10.4. The quantitative estimate of drug-likeness (QED) is 0.715. The van der Waals surface area contributed by atoms with E-state index in [1.54, 1.807) is 12.4 Å². The summed E-state index contributed by atoms with van der Waals surface area (Å²) in [4.78, 5) is 18.5. The number of aromatic nitrogens is 1. The Labute approximate surface area is 141 Å². The van der Waals surface area contributed by atoms with Gasteiger partial charge >= 0.3 is 0 Å². The molecule has 1 heterocycles. The molecule has 5 heteroatoms. The Bertz CT molecular complexity index is 533. The molecule has 4 nitrogen and oxygen atoms in total. The summed E-state index contributed by atoms with van der Waals surface area (Å²) >= 11 is 3.36. The van der Waals surface area contributed by atoms with Gasteiger partial charge in [-0.25, -0.2) is 0 Å². The highest BCUT2D eigenvalue weighted by molar-refractivity contribution is 9.10. The maximum atomic E-state index is 12.6. The second-order valence-corrected chi connectivity index (χ2v) is 7.51. The fourth-order valence-electron chi connectivity index (χ4n) is 3.05. The number of ether oxygens (including phenoxy) is 1. The number of amides is 1. The van der Waals surface area contributed by atoms with Crippen LogP contribution in [0.5, 0.6) is 0 Å². The molecule has 22 heavy (non-hydrogen) atoms. The molecular formula is C17H25BrN2O2. The van der Waals surface area contributed by atoms with Crippen molar-refractivity contribution in [1.82, 2.24) is 9.88 Å². The number of hydrogen-bond acceptors (Lipinski definition) is 3. The van der Waals surface area contributed by atoms with E-state index < -0.39 is 0 Å². The molecule has 1 aliphatic rings. The normalized spacial score (nSPS) is 23.0. The number of hydrogen-bond donors (Lipinski definition) is 0. The lowest BCUT2D eigenvalue weighted by Crippen LogP contribution is -2.62. The molecule has 0 spiro atoms. The second-order valence-electron chi connectivity index (χ2n) is 6.59. The lowest BCUT2D eigenvalue weighted by atomic mass is 9.63. The molecule has 1 aromatic rings. The molecule has 2 atom stereocenters. The molecule has 0 N–H and O–H groups in total. The van der Waals surface area contributed by atoms with Crippen LogP contribution in [0.25, 0.3) is 0 Å². The Hall–Kier alpha value is -0.940. The summed E-state index contributed by atoms with van der Waals surface area (Å²) in [6.45, 7) is 7.34. The van der Waals surface area contributed by atoms with Gasteiger partial charge in [0.25, 0.3) is 5.91 Å². The van der Waals surface area contributed by atoms with Crippen LogP contribution >= 0.6 is 15.9 Å². The van der Waals surface area contributed by atoms with Crippen molar-refractivity contribution in [2.45, 2.75) is 52.2 Å². The third kappa shape index (κ3) is 3.51. The summed E-state index contributed by atoms with van der Waals surface area (Å²) in [5, 5.41) is 0. The number of unbranched alkanes of at least 4 members (excludes halogenated alkanes) is 1. The van der Waals surface area contributed by atoms with Gasteiger partial charge in [-0.05, 0) is 34.8 Å². The average molecular weight is 369 g/mol. The van der Waals surface area contributed by atoms with Gasteiger partial charge in [-0.2, -0.15) is 0 Å². The van der Waals surface area contributed by atoms with Gasteiger partial charge in [-0.1, -0.05) is 27.2 Å². The van der Waals surface area contributed by atoms with Crippen LogP contribution in [0.4, 0.5) is 0 Å². The highest BCUT2D eigenvalue weighted by Gasteiger charge is 2.51. The zero-order chi connectivity index (χ0) is 16.3. The van der Waals surface area contributed by atoms with Gasteiger partial charge in [-0.15, -0.1) is 0 Å². The number of pyridine rings is 1. The molecule has 0 aromatic carbocycles. The second kappa shape index (κ2) is 7.09. The molecule has 1 amide bonds. The Morgan fingerprint density at radius 1 is 1.50 bits per heavy atom. The molecule has 122 valence electrons. The van der Waals surface area contributed by atoms with Crippen molar-refractivity contribution in [2.24, 2.45) is 5.41 Å². The fourth-order valence-corrected chi connectivity index (χ4v) is 3.41. The summed E-state index contributed by atoms with van der Waals surface area (Å²) in [5.41, 5.74) is 0.598. The van der Waals surface area contributed by atoms with Gasteiger partial charge in [0.2, 0.25) is 0 Å². The number of halogens is 1. The minimum Gasteiger partial charge on any atom is -0.378 e. The van der Waals surface area contributed by atoms with Crippen molar-refractivity contribution >= 4 is 21.8 Å². The molecule has 0 unspecified atom stereocenters. The van der Waals surface area contributed by atoms with Crippen LogP contribution in [-0.4, -0.2) is 41.6 Å². The van der Waals surface area contributed by atoms with Gasteiger partial charge in [0.1, 0.15) is 0 Å². The zero-order valence-electron chi connectivity index (χ0n) is 13.8. The van der Waals surface area contributed by atoms with Gasteiger partial charge < -0.3 is 9.64 Å². The van der Waals surface area contributed by atoms with E-state index in [1.165, 1.54) is 0 Å². The van der Waals surface area contributed by atoms with E-state index in [9.17, 15) is 4.79 Å². The molecule has 1 saturated carbocycles. The molecule has 1 aliphatic carbocycles. The monoisotopic (exact) mass is 368 g/mol. The predicted molar refractivity (Wildman–Crippen MR) is 90.9 cm³/mol. The molecule has 2 rings (SSSR count). The van der Waals surface area contributed by atoms with E-state index in [1.807, 2.05) is 18.0 Å². The maximum absolute atomic E-state index is 12.6. The highest BCUT2D eigenvalue weighted by Crippen LogP contribution is 2.45. The van der Waals surface area contributed by atoms with Crippen LogP contribution in [0, 0.1) is 5.41 Å². The van der Waals surface area contributed by atoms with Gasteiger partial charge in [0.05, 0.1) is 11.7 Å². The van der Waals surface area contributed by atoms with Gasteiger partial charge in [0, 0.05) is 42.0 Å². The van der Waals surface area contributed by atoms with E-state index in [0.29, 0.717) is 5.56 Å². The summed E-state index contributed by atoms with van der Waals surface area (Å²) in [6, 6.07) is 2.01. The zero-order valence-corrected chi connectivity index (χ0v) is 15.4. The molecule has 0 aliphatic heterocycles. The smallest absolute Gasteiger partial charge is 0.255 e. The van der Waals surface area contributed by atoms with Crippen LogP contribution < -0.4 is 0 Å². The van der Waals surface area contributed by atoms with Crippen LogP contribution in [0.1, 0.15) is 50.4 Å². The van der Waals surface area contributed by atoms with Crippen LogP contribution in [0.3, 0.4) is 0 Å². The van der Waals surface area contributed by atoms with Crippen molar-refractivity contribution in [1.29, 1.82) is 0 Å². The predicted octanol–water partition coefficient (Wildman–Crippen LogP) is 3.90. The van der Waals surface area contributed by atoms with Crippen molar-refractivity contribution in [3.63, 3.8) is 0 Å². The van der Waals surface area contributed by atoms with Crippen molar-refractivity contribution < 1.29 is 9.53 Å². The first-order valence-electron chi connectivity index (χ1n) is 7.87. The van der Waals surface area contributed by atoms with E-state index in [2.05, 4.69) is 41.7 Å². The van der Waals surface area contributed by atoms with Gasteiger partial charge in [0.15, 0.2) is 0 Å². The first-order valence-corrected chi connectivity index (χ1v) is 8.66. The van der Waals surface area contributed by atoms with Crippen molar-refractivity contribution in [3.05, 3.63) is 28.5 Å². The third-order valence-corrected chi connectivity index (χ3v) is 5.12. The minimum absolute atomic E-state index is 0.0129. The molecule has 0 saturated heterocycles. The van der Waals surface area contributed by atoms with Gasteiger partial charge in [-0.3, -0.25) is 9.78 Å². The summed E-state index contributed by atoms with van der Waals surface area (Å²) in [7, 11) is 1.87. The Morgan fingerprint density at radius 2 is 2.23 bits per heavy atom. The minimum atomic E-state index is -0.0163. The molecular weight excluding hydrogens is 344 g/mol. The lowest BCUT2D eigenvalue weighted by molar-refractivity contribution is -0.140. The molecule has 0 bridgehead atoms. The largest absolute Gasteiger partial charge is 0.378 e. The number of rotatable bonds is 6. The summed E-state index contributed by atoms with van der Waals surface area (Å²) in [6.07, 6.45) is 6.67. The summed E-state index contributed by atoms with van der Waals surface area (Å²) < 4.78 is 6.78. The van der Waals surface area contributed by atoms with Crippen LogP contribution in [0.15, 0.2) is 22.9 Å². The molecule has 1 aromatic heterocycles. The first kappa shape index (κ1) is 17.4. The standard InChI is InChI=1S/C17H25BrN2O2/c1-5-6-7-22-15-9-14(17(15,2)3)20(4)16(21)12-8-13(18)11-19-10-12/h8,10-11,14-15H,5-7,9H2,1-4H3/t14-,15-/m1/s1. The third-order valence-electron chi connectivity index (χ3n) is 4.68. The SMILES string of the molecule is CCCCO[C@@H]1C[C@@H](N(C)C(=O)c2cncc(Br)c2)C1(C)C. The fraction of sp³-hybridized carbons (Fsp3) is 0.647. The average Bonchev–Trinajstić information content (AvgIpc) is 2.48. The number of carbonyl (C=O) groups excluding carboxylic acids is 1.